The number of carbonyl (C=O) groups is 1. The molecule has 2 aromatic rings. The molecule has 0 fully saturated rings. The Kier molecular flexibility index (Phi) is 5.86. The fourth-order valence-electron chi connectivity index (χ4n) is 1.91. The number of benzene rings is 2. The topological polar surface area (TPSA) is 168 Å². The van der Waals surface area contributed by atoms with Gasteiger partial charge in [0.25, 0.3) is 11.6 Å². The van der Waals surface area contributed by atoms with Crippen LogP contribution in [0.4, 0.5) is 17.1 Å². The molecule has 0 aliphatic carbocycles. The van der Waals surface area contributed by atoms with E-state index in [0.717, 1.165) is 6.20 Å². The van der Waals surface area contributed by atoms with E-state index in [1.54, 1.807) is 6.07 Å². The lowest BCUT2D eigenvalue weighted by molar-refractivity contribution is -0.384. The summed E-state index contributed by atoms with van der Waals surface area (Å²) in [4.78, 5) is 22.1. The van der Waals surface area contributed by atoms with Crippen LogP contribution in [0.5, 0.6) is 0 Å². The predicted octanol–water partition coefficient (Wildman–Crippen LogP) is 1.70. The molecule has 138 valence electrons. The Morgan fingerprint density at radius 2 is 1.67 bits per heavy atom. The van der Waals surface area contributed by atoms with Gasteiger partial charge in [-0.15, -0.1) is 0 Å². The Balaban J connectivity index is 2.07. The molecule has 4 N–H and O–H groups in total. The fourth-order valence-corrected chi connectivity index (χ4v) is 2.43. The molecule has 0 heterocycles. The van der Waals surface area contributed by atoms with E-state index in [1.165, 1.54) is 48.5 Å². The largest absolute Gasteiger partial charge is 0.360 e. The van der Waals surface area contributed by atoms with E-state index in [-0.39, 0.29) is 21.8 Å². The Hall–Kier alpha value is -3.75. The first-order valence-electron chi connectivity index (χ1n) is 7.26. The molecule has 0 spiro atoms. The van der Waals surface area contributed by atoms with Gasteiger partial charge in [-0.3, -0.25) is 14.9 Å². The Labute approximate surface area is 154 Å². The molecule has 10 nitrogen and oxygen atoms in total. The zero-order valence-electron chi connectivity index (χ0n) is 13.6. The van der Waals surface area contributed by atoms with E-state index >= 15 is 0 Å². The van der Waals surface area contributed by atoms with Crippen LogP contribution in [-0.2, 0) is 14.8 Å². The summed E-state index contributed by atoms with van der Waals surface area (Å²) in [5.41, 5.74) is 0.320. The molecule has 2 aromatic carbocycles. The van der Waals surface area contributed by atoms with E-state index < -0.39 is 20.9 Å². The van der Waals surface area contributed by atoms with Crippen molar-refractivity contribution in [3.63, 3.8) is 0 Å². The van der Waals surface area contributed by atoms with Crippen LogP contribution in [0.1, 0.15) is 0 Å². The third kappa shape index (κ3) is 5.36. The number of nitro benzene ring substituents is 1. The van der Waals surface area contributed by atoms with E-state index in [9.17, 15) is 23.3 Å². The highest BCUT2D eigenvalue weighted by Gasteiger charge is 2.11. The number of nitriles is 1. The van der Waals surface area contributed by atoms with Gasteiger partial charge in [0.1, 0.15) is 11.6 Å². The van der Waals surface area contributed by atoms with E-state index in [2.05, 4.69) is 10.6 Å². The number of non-ortho nitro benzene ring substituents is 1. The summed E-state index contributed by atoms with van der Waals surface area (Å²) in [6, 6.07) is 12.2. The molecular formula is C16H13N5O5S. The summed E-state index contributed by atoms with van der Waals surface area (Å²) < 4.78 is 22.4. The quantitative estimate of drug-likeness (QED) is 0.293. The van der Waals surface area contributed by atoms with Crippen molar-refractivity contribution in [3.8, 4) is 6.07 Å². The Bertz CT molecular complexity index is 1040. The van der Waals surface area contributed by atoms with Crippen molar-refractivity contribution < 1.29 is 18.1 Å². The lowest BCUT2D eigenvalue weighted by Gasteiger charge is -2.05. The summed E-state index contributed by atoms with van der Waals surface area (Å²) >= 11 is 0. The van der Waals surface area contributed by atoms with Crippen LogP contribution >= 0.6 is 0 Å². The van der Waals surface area contributed by atoms with Gasteiger partial charge in [0, 0.05) is 29.7 Å². The molecule has 0 saturated carbocycles. The van der Waals surface area contributed by atoms with Crippen LogP contribution < -0.4 is 15.8 Å². The van der Waals surface area contributed by atoms with Crippen molar-refractivity contribution in [1.82, 2.24) is 0 Å². The number of hydrogen-bond donors (Lipinski definition) is 3. The monoisotopic (exact) mass is 387 g/mol. The summed E-state index contributed by atoms with van der Waals surface area (Å²) in [6.07, 6.45) is 1.15. The number of hydrogen-bond acceptors (Lipinski definition) is 7. The lowest BCUT2D eigenvalue weighted by Crippen LogP contribution is -2.14. The van der Waals surface area contributed by atoms with E-state index in [0.29, 0.717) is 5.69 Å². The number of nitrogens with two attached hydrogens (primary N) is 1. The number of nitrogens with one attached hydrogen (secondary N) is 2. The molecule has 0 aliphatic heterocycles. The maximum atomic E-state index is 12.1. The highest BCUT2D eigenvalue weighted by Crippen LogP contribution is 2.16. The third-order valence-corrected chi connectivity index (χ3v) is 4.20. The molecule has 0 saturated heterocycles. The Morgan fingerprint density at radius 3 is 2.15 bits per heavy atom. The van der Waals surface area contributed by atoms with Crippen LogP contribution in [0.3, 0.4) is 0 Å². The standard InChI is InChI=1S/C16H13N5O5S/c17-9-11(10-19-12-3-7-15(8-4-12)27(18,25)26)16(22)20-13-1-5-14(6-2-13)21(23)24/h1-8,10,19H,(H,20,22)(H2,18,25,26)/b11-10-. The second-order valence-corrected chi connectivity index (χ2v) is 6.70. The number of sulfonamides is 1. The van der Waals surface area contributed by atoms with Gasteiger partial charge in [-0.2, -0.15) is 5.26 Å². The maximum Gasteiger partial charge on any atom is 0.269 e. The SMILES string of the molecule is N#C/C(=C/Nc1ccc(S(N)(=O)=O)cc1)C(=O)Nc1ccc([N+](=O)[O-])cc1. The zero-order chi connectivity index (χ0) is 20.0. The molecule has 27 heavy (non-hydrogen) atoms. The molecule has 0 aliphatic rings. The summed E-state index contributed by atoms with van der Waals surface area (Å²) in [7, 11) is -3.81. The minimum atomic E-state index is -3.81. The number of amides is 1. The van der Waals surface area contributed by atoms with Crippen molar-refractivity contribution in [1.29, 1.82) is 5.26 Å². The number of rotatable bonds is 6. The number of carbonyl (C=O) groups excluding carboxylic acids is 1. The molecular weight excluding hydrogens is 374 g/mol. The van der Waals surface area contributed by atoms with Gasteiger partial charge in [0.2, 0.25) is 10.0 Å². The number of nitro groups is 1. The van der Waals surface area contributed by atoms with Crippen molar-refractivity contribution in [3.05, 3.63) is 70.4 Å². The second kappa shape index (κ2) is 8.09. The zero-order valence-corrected chi connectivity index (χ0v) is 14.4. The van der Waals surface area contributed by atoms with Gasteiger partial charge < -0.3 is 10.6 Å². The fraction of sp³-hybridized carbons (Fsp3) is 0. The van der Waals surface area contributed by atoms with Gasteiger partial charge in [-0.05, 0) is 36.4 Å². The summed E-state index contributed by atoms with van der Waals surface area (Å²) in [5, 5.41) is 29.8. The van der Waals surface area contributed by atoms with Crippen molar-refractivity contribution in [2.75, 3.05) is 10.6 Å². The van der Waals surface area contributed by atoms with Crippen molar-refractivity contribution in [2.45, 2.75) is 4.90 Å². The normalized spacial score (nSPS) is 11.3. The highest BCUT2D eigenvalue weighted by atomic mass is 32.2. The number of nitrogens with zero attached hydrogens (tertiary/aromatic N) is 2. The predicted molar refractivity (Wildman–Crippen MR) is 96.9 cm³/mol. The molecule has 0 unspecified atom stereocenters. The van der Waals surface area contributed by atoms with Crippen LogP contribution in [0.2, 0.25) is 0 Å². The van der Waals surface area contributed by atoms with Crippen molar-refractivity contribution >= 4 is 33.0 Å². The summed E-state index contributed by atoms with van der Waals surface area (Å²) in [5.74, 6) is -0.722. The van der Waals surface area contributed by atoms with Gasteiger partial charge in [0.15, 0.2) is 0 Å². The van der Waals surface area contributed by atoms with Gasteiger partial charge in [-0.25, -0.2) is 13.6 Å². The minimum Gasteiger partial charge on any atom is -0.360 e. The van der Waals surface area contributed by atoms with Gasteiger partial charge >= 0.3 is 0 Å². The Morgan fingerprint density at radius 1 is 1.11 bits per heavy atom. The lowest BCUT2D eigenvalue weighted by atomic mass is 10.2. The molecule has 0 atom stereocenters. The molecule has 0 radical (unpaired) electrons. The molecule has 0 bridgehead atoms. The summed E-state index contributed by atoms with van der Waals surface area (Å²) in [6.45, 7) is 0. The molecule has 2 rings (SSSR count). The highest BCUT2D eigenvalue weighted by molar-refractivity contribution is 7.89. The van der Waals surface area contributed by atoms with E-state index in [1.807, 2.05) is 0 Å². The first-order valence-corrected chi connectivity index (χ1v) is 8.81. The van der Waals surface area contributed by atoms with Crippen LogP contribution in [0.15, 0.2) is 65.2 Å². The van der Waals surface area contributed by atoms with Crippen LogP contribution in [0.25, 0.3) is 0 Å². The second-order valence-electron chi connectivity index (χ2n) is 5.14. The first-order chi connectivity index (χ1) is 12.7. The smallest absolute Gasteiger partial charge is 0.269 e. The van der Waals surface area contributed by atoms with Crippen molar-refractivity contribution in [2.24, 2.45) is 5.14 Å². The maximum absolute atomic E-state index is 12.1. The molecule has 11 heteroatoms. The average Bonchev–Trinajstić information content (AvgIpc) is 2.62. The van der Waals surface area contributed by atoms with E-state index in [4.69, 9.17) is 10.4 Å². The minimum absolute atomic E-state index is 0.0755. The van der Waals surface area contributed by atoms with Gasteiger partial charge in [0.05, 0.1) is 9.82 Å². The van der Waals surface area contributed by atoms with Crippen LogP contribution in [-0.4, -0.2) is 19.2 Å². The number of primary sulfonamides is 1. The third-order valence-electron chi connectivity index (χ3n) is 3.27. The number of anilines is 2. The molecule has 1 amide bonds. The average molecular weight is 387 g/mol. The molecule has 0 aromatic heterocycles. The van der Waals surface area contributed by atoms with Gasteiger partial charge in [-0.1, -0.05) is 0 Å². The first kappa shape index (κ1) is 19.6. The van der Waals surface area contributed by atoms with Crippen LogP contribution in [0, 0.1) is 21.4 Å².